The quantitative estimate of drug-likeness (QED) is 0.737. The van der Waals surface area contributed by atoms with Gasteiger partial charge in [-0.1, -0.05) is 23.4 Å². The van der Waals surface area contributed by atoms with Crippen molar-refractivity contribution in [1.82, 2.24) is 10.1 Å². The first-order chi connectivity index (χ1) is 9.66. The minimum absolute atomic E-state index is 0.00157. The van der Waals surface area contributed by atoms with Gasteiger partial charge in [-0.05, 0) is 24.4 Å². The van der Waals surface area contributed by atoms with Crippen LogP contribution in [0.25, 0.3) is 10.1 Å². The van der Waals surface area contributed by atoms with Crippen LogP contribution in [0.2, 0.25) is 0 Å². The summed E-state index contributed by atoms with van der Waals surface area (Å²) in [6.07, 6.45) is 1.52. The van der Waals surface area contributed by atoms with Gasteiger partial charge in [0.15, 0.2) is 0 Å². The van der Waals surface area contributed by atoms with Crippen LogP contribution in [0.3, 0.4) is 0 Å². The fourth-order valence-electron chi connectivity index (χ4n) is 2.07. The normalized spacial score (nSPS) is 12.5. The first-order valence-corrected chi connectivity index (χ1v) is 7.14. The third-order valence-electron chi connectivity index (χ3n) is 3.42. The molecule has 0 aliphatic carbocycles. The Morgan fingerprint density at radius 2 is 2.15 bits per heavy atom. The molecule has 0 N–H and O–H groups in total. The molecular weight excluding hydrogens is 272 g/mol. The van der Waals surface area contributed by atoms with Gasteiger partial charge in [0.05, 0.1) is 10.9 Å². The van der Waals surface area contributed by atoms with E-state index in [0.29, 0.717) is 0 Å². The molecule has 2 aromatic heterocycles. The number of nitrogens with zero attached hydrogens (tertiary/aromatic N) is 2. The van der Waals surface area contributed by atoms with Crippen LogP contribution in [0, 0.1) is 0 Å². The molecule has 0 saturated carbocycles. The molecule has 20 heavy (non-hydrogen) atoms. The molecule has 0 bridgehead atoms. The van der Waals surface area contributed by atoms with Gasteiger partial charge in [-0.15, -0.1) is 11.3 Å². The van der Waals surface area contributed by atoms with Crippen LogP contribution in [0.1, 0.15) is 28.3 Å². The number of aromatic nitrogens is 1. The van der Waals surface area contributed by atoms with Crippen molar-refractivity contribution >= 4 is 27.3 Å². The Labute approximate surface area is 120 Å². The summed E-state index contributed by atoms with van der Waals surface area (Å²) in [5.74, 6) is 0.00157. The van der Waals surface area contributed by atoms with Crippen molar-refractivity contribution in [3.8, 4) is 0 Å². The van der Waals surface area contributed by atoms with Gasteiger partial charge in [-0.25, -0.2) is 0 Å². The highest BCUT2D eigenvalue weighted by molar-refractivity contribution is 7.20. The molecule has 2 heterocycles. The summed E-state index contributed by atoms with van der Waals surface area (Å²) in [5.41, 5.74) is 0.752. The van der Waals surface area contributed by atoms with Crippen molar-refractivity contribution < 1.29 is 9.32 Å². The molecule has 3 aromatic rings. The van der Waals surface area contributed by atoms with Gasteiger partial charge in [-0.3, -0.25) is 4.79 Å². The zero-order chi connectivity index (χ0) is 14.1. The highest BCUT2D eigenvalue weighted by atomic mass is 32.1. The Morgan fingerprint density at radius 1 is 1.35 bits per heavy atom. The van der Waals surface area contributed by atoms with Gasteiger partial charge in [-0.2, -0.15) is 0 Å². The monoisotopic (exact) mass is 286 g/mol. The number of benzene rings is 1. The predicted molar refractivity (Wildman–Crippen MR) is 78.8 cm³/mol. The number of fused-ring (bicyclic) bond motifs is 1. The molecule has 102 valence electrons. The lowest BCUT2D eigenvalue weighted by atomic mass is 10.2. The molecule has 3 rings (SSSR count). The number of carbonyl (C=O) groups excluding carboxylic acids is 1. The van der Waals surface area contributed by atoms with E-state index in [1.54, 1.807) is 18.0 Å². The average molecular weight is 286 g/mol. The molecule has 1 aromatic carbocycles. The predicted octanol–water partition coefficient (Wildman–Crippen LogP) is 3.72. The third kappa shape index (κ3) is 2.20. The van der Waals surface area contributed by atoms with Crippen molar-refractivity contribution in [1.29, 1.82) is 0 Å². The van der Waals surface area contributed by atoms with E-state index in [-0.39, 0.29) is 11.9 Å². The second-order valence-electron chi connectivity index (χ2n) is 4.66. The fraction of sp³-hybridized carbons (Fsp3) is 0.200. The summed E-state index contributed by atoms with van der Waals surface area (Å²) >= 11 is 1.51. The van der Waals surface area contributed by atoms with E-state index in [0.717, 1.165) is 20.7 Å². The summed E-state index contributed by atoms with van der Waals surface area (Å²) in [6.45, 7) is 1.93. The summed E-state index contributed by atoms with van der Waals surface area (Å²) in [6, 6.07) is 11.6. The number of hydrogen-bond donors (Lipinski definition) is 0. The van der Waals surface area contributed by atoms with Gasteiger partial charge in [0.1, 0.15) is 12.0 Å². The molecule has 1 amide bonds. The molecule has 0 fully saturated rings. The van der Waals surface area contributed by atoms with E-state index in [2.05, 4.69) is 5.16 Å². The van der Waals surface area contributed by atoms with Crippen LogP contribution in [0.15, 0.2) is 47.2 Å². The highest BCUT2D eigenvalue weighted by Crippen LogP contribution is 2.28. The summed E-state index contributed by atoms with van der Waals surface area (Å²) < 4.78 is 5.96. The molecule has 0 aliphatic rings. The fourth-order valence-corrected chi connectivity index (χ4v) is 3.12. The average Bonchev–Trinajstić information content (AvgIpc) is 3.13. The van der Waals surface area contributed by atoms with Gasteiger partial charge in [0.25, 0.3) is 5.91 Å². The van der Waals surface area contributed by atoms with Crippen molar-refractivity contribution in [2.24, 2.45) is 0 Å². The number of thiophene rings is 1. The van der Waals surface area contributed by atoms with Crippen LogP contribution in [-0.4, -0.2) is 23.0 Å². The SMILES string of the molecule is CC(c1ccon1)N(C)C(=O)c1cc2ccccc2s1. The van der Waals surface area contributed by atoms with Crippen LogP contribution in [0.4, 0.5) is 0 Å². The molecule has 1 atom stereocenters. The number of hydrogen-bond acceptors (Lipinski definition) is 4. The van der Waals surface area contributed by atoms with Gasteiger partial charge >= 0.3 is 0 Å². The van der Waals surface area contributed by atoms with E-state index in [1.165, 1.54) is 17.6 Å². The Balaban J connectivity index is 1.88. The Hall–Kier alpha value is -2.14. The highest BCUT2D eigenvalue weighted by Gasteiger charge is 2.22. The second-order valence-corrected chi connectivity index (χ2v) is 5.75. The molecule has 0 aliphatic heterocycles. The van der Waals surface area contributed by atoms with Crippen LogP contribution in [-0.2, 0) is 0 Å². The van der Waals surface area contributed by atoms with Gasteiger partial charge < -0.3 is 9.42 Å². The number of carbonyl (C=O) groups is 1. The van der Waals surface area contributed by atoms with E-state index in [1.807, 2.05) is 37.3 Å². The largest absolute Gasteiger partial charge is 0.364 e. The number of amides is 1. The van der Waals surface area contributed by atoms with Crippen LogP contribution < -0.4 is 0 Å². The lowest BCUT2D eigenvalue weighted by molar-refractivity contribution is 0.0742. The molecule has 4 nitrogen and oxygen atoms in total. The maximum Gasteiger partial charge on any atom is 0.264 e. The summed E-state index contributed by atoms with van der Waals surface area (Å²) in [7, 11) is 1.78. The summed E-state index contributed by atoms with van der Waals surface area (Å²) in [5, 5.41) is 4.99. The van der Waals surface area contributed by atoms with Crippen molar-refractivity contribution in [3.05, 3.63) is 53.2 Å². The van der Waals surface area contributed by atoms with Crippen molar-refractivity contribution in [2.75, 3.05) is 7.05 Å². The maximum absolute atomic E-state index is 12.5. The van der Waals surface area contributed by atoms with Crippen LogP contribution >= 0.6 is 11.3 Å². The Bertz CT molecular complexity index is 700. The summed E-state index contributed by atoms with van der Waals surface area (Å²) in [4.78, 5) is 15.0. The zero-order valence-corrected chi connectivity index (χ0v) is 12.1. The molecule has 0 saturated heterocycles. The van der Waals surface area contributed by atoms with E-state index in [4.69, 9.17) is 4.52 Å². The smallest absolute Gasteiger partial charge is 0.264 e. The minimum atomic E-state index is -0.119. The van der Waals surface area contributed by atoms with Gasteiger partial charge in [0.2, 0.25) is 0 Å². The molecule has 0 radical (unpaired) electrons. The number of rotatable bonds is 3. The molecular formula is C15H14N2O2S. The maximum atomic E-state index is 12.5. The molecule has 0 spiro atoms. The van der Waals surface area contributed by atoms with E-state index >= 15 is 0 Å². The minimum Gasteiger partial charge on any atom is -0.364 e. The van der Waals surface area contributed by atoms with Crippen molar-refractivity contribution in [3.63, 3.8) is 0 Å². The Morgan fingerprint density at radius 3 is 2.85 bits per heavy atom. The van der Waals surface area contributed by atoms with E-state index in [9.17, 15) is 4.79 Å². The topological polar surface area (TPSA) is 46.3 Å². The second kappa shape index (κ2) is 5.09. The Kier molecular flexibility index (Phi) is 3.28. The zero-order valence-electron chi connectivity index (χ0n) is 11.2. The first-order valence-electron chi connectivity index (χ1n) is 6.33. The van der Waals surface area contributed by atoms with Crippen LogP contribution in [0.5, 0.6) is 0 Å². The molecule has 1 unspecified atom stereocenters. The third-order valence-corrected chi connectivity index (χ3v) is 4.53. The lowest BCUT2D eigenvalue weighted by Crippen LogP contribution is -2.29. The van der Waals surface area contributed by atoms with Gasteiger partial charge in [0, 0.05) is 17.8 Å². The standard InChI is InChI=1S/C15H14N2O2S/c1-10(12-7-8-19-16-12)17(2)15(18)14-9-11-5-3-4-6-13(11)20-14/h3-10H,1-2H3. The lowest BCUT2D eigenvalue weighted by Gasteiger charge is -2.22. The molecule has 5 heteroatoms. The first kappa shape index (κ1) is 12.9. The van der Waals surface area contributed by atoms with Crippen molar-refractivity contribution in [2.45, 2.75) is 13.0 Å². The van der Waals surface area contributed by atoms with E-state index < -0.39 is 0 Å².